The number of nitrogens with one attached hydrogen (secondary N) is 1. The molecular weight excluding hydrogens is 268 g/mol. The second-order valence-corrected chi connectivity index (χ2v) is 4.85. The van der Waals surface area contributed by atoms with Crippen LogP contribution in [0.25, 0.3) is 11.3 Å². The average molecular weight is 288 g/mol. The molecule has 0 aliphatic heterocycles. The van der Waals surface area contributed by atoms with Gasteiger partial charge in [0.25, 0.3) is 0 Å². The van der Waals surface area contributed by atoms with Gasteiger partial charge in [0, 0.05) is 18.2 Å². The van der Waals surface area contributed by atoms with Crippen molar-refractivity contribution in [1.29, 1.82) is 0 Å². The maximum absolute atomic E-state index is 11.9. The molecule has 0 radical (unpaired) electrons. The number of amides is 1. The molecule has 1 unspecified atom stereocenters. The molecule has 0 aliphatic rings. The average Bonchev–Trinajstić information content (AvgIpc) is 2.96. The minimum Gasteiger partial charge on any atom is -0.396 e. The maximum Gasteiger partial charge on any atom is 0.242 e. The van der Waals surface area contributed by atoms with Crippen LogP contribution in [0, 0.1) is 0 Å². The Kier molecular flexibility index (Phi) is 5.45. The predicted octanol–water partition coefficient (Wildman–Crippen LogP) is 1.22. The highest BCUT2D eigenvalue weighted by Gasteiger charge is 2.11. The largest absolute Gasteiger partial charge is 0.396 e. The standard InChI is InChI=1S/C15H20N4O2/c1-2-13(8-9-20)16-15(21)11-19-10-14(17-18-19)12-6-4-3-5-7-12/h3-7,10,13,20H,2,8-9,11H2,1H3,(H,16,21). The summed E-state index contributed by atoms with van der Waals surface area (Å²) in [5.41, 5.74) is 1.71. The van der Waals surface area contributed by atoms with E-state index in [0.717, 1.165) is 17.7 Å². The van der Waals surface area contributed by atoms with Crippen LogP contribution in [0.4, 0.5) is 0 Å². The van der Waals surface area contributed by atoms with E-state index in [4.69, 9.17) is 5.11 Å². The fourth-order valence-electron chi connectivity index (χ4n) is 2.07. The number of aromatic nitrogens is 3. The van der Waals surface area contributed by atoms with E-state index in [9.17, 15) is 4.79 Å². The molecule has 2 aromatic rings. The Labute approximate surface area is 123 Å². The van der Waals surface area contributed by atoms with Gasteiger partial charge in [0.1, 0.15) is 12.2 Å². The van der Waals surface area contributed by atoms with E-state index in [1.807, 2.05) is 37.3 Å². The first kappa shape index (κ1) is 15.2. The fourth-order valence-corrected chi connectivity index (χ4v) is 2.07. The zero-order chi connectivity index (χ0) is 15.1. The number of aliphatic hydroxyl groups excluding tert-OH is 1. The van der Waals surface area contributed by atoms with Gasteiger partial charge < -0.3 is 10.4 Å². The minimum absolute atomic E-state index is 0.000356. The molecule has 2 N–H and O–H groups in total. The third-order valence-corrected chi connectivity index (χ3v) is 3.25. The number of hydrogen-bond donors (Lipinski definition) is 2. The van der Waals surface area contributed by atoms with Gasteiger partial charge in [-0.1, -0.05) is 42.5 Å². The summed E-state index contributed by atoms with van der Waals surface area (Å²) in [6.07, 6.45) is 3.11. The Morgan fingerprint density at radius 1 is 1.38 bits per heavy atom. The first-order valence-electron chi connectivity index (χ1n) is 7.08. The summed E-state index contributed by atoms with van der Waals surface area (Å²) >= 11 is 0. The summed E-state index contributed by atoms with van der Waals surface area (Å²) in [5.74, 6) is -0.125. The smallest absolute Gasteiger partial charge is 0.242 e. The number of aliphatic hydroxyl groups is 1. The molecule has 21 heavy (non-hydrogen) atoms. The third kappa shape index (κ3) is 4.39. The molecule has 1 aromatic heterocycles. The summed E-state index contributed by atoms with van der Waals surface area (Å²) in [7, 11) is 0. The molecule has 0 fully saturated rings. The van der Waals surface area contributed by atoms with Gasteiger partial charge in [-0.3, -0.25) is 4.79 Å². The summed E-state index contributed by atoms with van der Waals surface area (Å²) in [5, 5.41) is 19.8. The van der Waals surface area contributed by atoms with Crippen LogP contribution in [0.15, 0.2) is 36.5 Å². The first-order valence-corrected chi connectivity index (χ1v) is 7.08. The van der Waals surface area contributed by atoms with Crippen molar-refractivity contribution >= 4 is 5.91 Å². The highest BCUT2D eigenvalue weighted by atomic mass is 16.3. The van der Waals surface area contributed by atoms with Crippen molar-refractivity contribution in [3.8, 4) is 11.3 Å². The lowest BCUT2D eigenvalue weighted by Gasteiger charge is -2.15. The molecule has 2 rings (SSSR count). The molecular formula is C15H20N4O2. The summed E-state index contributed by atoms with van der Waals surface area (Å²) in [6.45, 7) is 2.17. The molecule has 6 nitrogen and oxygen atoms in total. The Morgan fingerprint density at radius 3 is 2.81 bits per heavy atom. The predicted molar refractivity (Wildman–Crippen MR) is 79.4 cm³/mol. The molecule has 1 aromatic carbocycles. The summed E-state index contributed by atoms with van der Waals surface area (Å²) < 4.78 is 1.52. The maximum atomic E-state index is 11.9. The van der Waals surface area contributed by atoms with Crippen molar-refractivity contribution in [1.82, 2.24) is 20.3 Å². The van der Waals surface area contributed by atoms with Gasteiger partial charge >= 0.3 is 0 Å². The van der Waals surface area contributed by atoms with Crippen LogP contribution in [-0.2, 0) is 11.3 Å². The zero-order valence-corrected chi connectivity index (χ0v) is 12.1. The first-order chi connectivity index (χ1) is 10.2. The van der Waals surface area contributed by atoms with Crippen LogP contribution >= 0.6 is 0 Å². The van der Waals surface area contributed by atoms with Crippen molar-refractivity contribution < 1.29 is 9.90 Å². The molecule has 1 heterocycles. The molecule has 1 amide bonds. The van der Waals surface area contributed by atoms with Gasteiger partial charge in [-0.05, 0) is 12.8 Å². The van der Waals surface area contributed by atoms with E-state index in [1.165, 1.54) is 4.68 Å². The highest BCUT2D eigenvalue weighted by Crippen LogP contribution is 2.14. The van der Waals surface area contributed by atoms with Gasteiger partial charge in [0.2, 0.25) is 5.91 Å². The van der Waals surface area contributed by atoms with E-state index in [1.54, 1.807) is 6.20 Å². The van der Waals surface area contributed by atoms with Gasteiger partial charge in [0.15, 0.2) is 0 Å². The van der Waals surface area contributed by atoms with Crippen LogP contribution in [0.1, 0.15) is 19.8 Å². The highest BCUT2D eigenvalue weighted by molar-refractivity contribution is 5.76. The van der Waals surface area contributed by atoms with E-state index in [0.29, 0.717) is 6.42 Å². The van der Waals surface area contributed by atoms with E-state index < -0.39 is 0 Å². The van der Waals surface area contributed by atoms with Crippen molar-refractivity contribution in [3.05, 3.63) is 36.5 Å². The quantitative estimate of drug-likeness (QED) is 0.803. The molecule has 0 aliphatic carbocycles. The number of rotatable bonds is 7. The van der Waals surface area contributed by atoms with E-state index >= 15 is 0 Å². The van der Waals surface area contributed by atoms with Crippen LogP contribution in [0.2, 0.25) is 0 Å². The Bertz CT molecular complexity index is 568. The van der Waals surface area contributed by atoms with E-state index in [-0.39, 0.29) is 25.1 Å². The minimum atomic E-state index is -0.125. The zero-order valence-electron chi connectivity index (χ0n) is 12.1. The van der Waals surface area contributed by atoms with Gasteiger partial charge in [0.05, 0.1) is 6.20 Å². The lowest BCUT2D eigenvalue weighted by molar-refractivity contribution is -0.122. The van der Waals surface area contributed by atoms with Gasteiger partial charge in [-0.15, -0.1) is 5.10 Å². The van der Waals surface area contributed by atoms with Gasteiger partial charge in [-0.2, -0.15) is 0 Å². The number of carbonyl (C=O) groups is 1. The Balaban J connectivity index is 1.95. The molecule has 6 heteroatoms. The topological polar surface area (TPSA) is 80.0 Å². The van der Waals surface area contributed by atoms with Crippen LogP contribution in [0.5, 0.6) is 0 Å². The Hall–Kier alpha value is -2.21. The van der Waals surface area contributed by atoms with Gasteiger partial charge in [-0.25, -0.2) is 4.68 Å². The lowest BCUT2D eigenvalue weighted by Crippen LogP contribution is -2.37. The van der Waals surface area contributed by atoms with Crippen molar-refractivity contribution in [2.45, 2.75) is 32.4 Å². The van der Waals surface area contributed by atoms with Crippen LogP contribution < -0.4 is 5.32 Å². The Morgan fingerprint density at radius 2 is 2.14 bits per heavy atom. The molecule has 1 atom stereocenters. The summed E-state index contributed by atoms with van der Waals surface area (Å²) in [6, 6.07) is 9.70. The molecule has 0 bridgehead atoms. The summed E-state index contributed by atoms with van der Waals surface area (Å²) in [4.78, 5) is 11.9. The molecule has 0 saturated carbocycles. The number of carbonyl (C=O) groups excluding carboxylic acids is 1. The van der Waals surface area contributed by atoms with Crippen molar-refractivity contribution in [2.75, 3.05) is 6.61 Å². The monoisotopic (exact) mass is 288 g/mol. The molecule has 0 saturated heterocycles. The second kappa shape index (κ2) is 7.54. The van der Waals surface area contributed by atoms with Crippen LogP contribution in [0.3, 0.4) is 0 Å². The number of nitrogens with zero attached hydrogens (tertiary/aromatic N) is 3. The number of benzene rings is 1. The van der Waals surface area contributed by atoms with Crippen molar-refractivity contribution in [3.63, 3.8) is 0 Å². The molecule has 112 valence electrons. The fraction of sp³-hybridized carbons (Fsp3) is 0.400. The van der Waals surface area contributed by atoms with E-state index in [2.05, 4.69) is 15.6 Å². The number of hydrogen-bond acceptors (Lipinski definition) is 4. The van der Waals surface area contributed by atoms with Crippen molar-refractivity contribution in [2.24, 2.45) is 0 Å². The second-order valence-electron chi connectivity index (χ2n) is 4.85. The lowest BCUT2D eigenvalue weighted by atomic mass is 10.1. The van der Waals surface area contributed by atoms with Crippen LogP contribution in [-0.4, -0.2) is 38.7 Å². The molecule has 0 spiro atoms. The SMILES string of the molecule is CCC(CCO)NC(=O)Cn1cc(-c2ccccc2)nn1. The normalized spacial score (nSPS) is 12.1. The third-order valence-electron chi connectivity index (χ3n) is 3.25.